The van der Waals surface area contributed by atoms with Crippen molar-refractivity contribution in [3.8, 4) is 0 Å². The number of aliphatic hydroxyl groups is 2. The van der Waals surface area contributed by atoms with Crippen molar-refractivity contribution in [3.05, 3.63) is 11.1 Å². The zero-order valence-electron chi connectivity index (χ0n) is 25.0. The molecule has 4 fully saturated rings. The van der Waals surface area contributed by atoms with Crippen molar-refractivity contribution in [2.45, 2.75) is 131 Å². The smallest absolute Gasteiger partial charge is 0.303 e. The number of fused-ring (bicyclic) bond motifs is 5. The molecule has 5 nitrogen and oxygen atoms in total. The average molecular weight is 519 g/mol. The molecule has 4 aliphatic carbocycles. The number of rotatable bonds is 6. The first-order chi connectivity index (χ1) is 17.2. The fourth-order valence-electron chi connectivity index (χ4n) is 9.80. The highest BCUT2D eigenvalue weighted by Gasteiger charge is 2.68. The van der Waals surface area contributed by atoms with Crippen LogP contribution in [0, 0.1) is 46.3 Å². The molecule has 0 radical (unpaired) electrons. The Hall–Kier alpha value is -0.910. The second-order valence-corrected chi connectivity index (χ2v) is 14.3. The Balaban J connectivity index is 1.71. The third-order valence-corrected chi connectivity index (χ3v) is 12.2. The number of carbonyl (C=O) groups excluding carboxylic acids is 1. The van der Waals surface area contributed by atoms with E-state index in [-0.39, 0.29) is 22.9 Å². The lowest BCUT2D eigenvalue weighted by molar-refractivity contribution is -0.267. The van der Waals surface area contributed by atoms with Gasteiger partial charge in [-0.25, -0.2) is 0 Å². The zero-order chi connectivity index (χ0) is 27.5. The summed E-state index contributed by atoms with van der Waals surface area (Å²) in [5.41, 5.74) is 1.54. The van der Waals surface area contributed by atoms with Crippen molar-refractivity contribution in [3.63, 3.8) is 0 Å². The molecule has 0 bridgehead atoms. The molecule has 0 amide bonds. The molecule has 0 heterocycles. The number of ether oxygens (including phenoxy) is 2. The standard InChI is InChI=1S/C32H54O5/c1-18(2)21(5)19(3)14-20(4)29-27(36-9)16-26-24-15-28(37-22(6)33)32(35)17-23(34)10-13-31(32,8)25(24)11-12-30(26,29)7/h18-19,21,23-28,34-35H,10-17H2,1-9H3. The van der Waals surface area contributed by atoms with Gasteiger partial charge in [-0.2, -0.15) is 0 Å². The number of allylic oxidation sites excluding steroid dienone is 1. The number of esters is 1. The van der Waals surface area contributed by atoms with Crippen molar-refractivity contribution in [2.75, 3.05) is 7.11 Å². The molecule has 212 valence electrons. The number of methoxy groups -OCH3 is 1. The first kappa shape index (κ1) is 29.1. The van der Waals surface area contributed by atoms with Crippen LogP contribution in [0.1, 0.15) is 107 Å². The molecule has 4 aliphatic rings. The quantitative estimate of drug-likeness (QED) is 0.318. The van der Waals surface area contributed by atoms with Crippen LogP contribution >= 0.6 is 0 Å². The average Bonchev–Trinajstić information content (AvgIpc) is 3.12. The van der Waals surface area contributed by atoms with Crippen LogP contribution in [-0.4, -0.2) is 47.2 Å². The summed E-state index contributed by atoms with van der Waals surface area (Å²) < 4.78 is 12.1. The van der Waals surface area contributed by atoms with Crippen LogP contribution in [0.3, 0.4) is 0 Å². The van der Waals surface area contributed by atoms with Crippen LogP contribution in [0.25, 0.3) is 0 Å². The predicted molar refractivity (Wildman–Crippen MR) is 147 cm³/mol. The molecule has 5 heteroatoms. The monoisotopic (exact) mass is 518 g/mol. The van der Waals surface area contributed by atoms with Crippen LogP contribution < -0.4 is 0 Å². The van der Waals surface area contributed by atoms with Crippen molar-refractivity contribution in [1.29, 1.82) is 0 Å². The minimum atomic E-state index is -1.18. The maximum absolute atomic E-state index is 12.2. The van der Waals surface area contributed by atoms with Gasteiger partial charge in [0.2, 0.25) is 0 Å². The highest BCUT2D eigenvalue weighted by molar-refractivity contribution is 5.66. The summed E-state index contributed by atoms with van der Waals surface area (Å²) >= 11 is 0. The Morgan fingerprint density at radius 1 is 1.05 bits per heavy atom. The Labute approximate surface area is 225 Å². The lowest BCUT2D eigenvalue weighted by Gasteiger charge is -2.65. The second kappa shape index (κ2) is 10.2. The largest absolute Gasteiger partial charge is 0.459 e. The van der Waals surface area contributed by atoms with Crippen LogP contribution in [-0.2, 0) is 14.3 Å². The summed E-state index contributed by atoms with van der Waals surface area (Å²) in [4.78, 5) is 12.2. The minimum absolute atomic E-state index is 0.0630. The van der Waals surface area contributed by atoms with E-state index in [9.17, 15) is 15.0 Å². The minimum Gasteiger partial charge on any atom is -0.459 e. The van der Waals surface area contributed by atoms with E-state index in [0.717, 1.165) is 32.1 Å². The number of hydrogen-bond acceptors (Lipinski definition) is 5. The normalized spacial score (nSPS) is 46.5. The molecular weight excluding hydrogens is 464 g/mol. The molecule has 4 saturated carbocycles. The zero-order valence-corrected chi connectivity index (χ0v) is 25.0. The molecule has 4 rings (SSSR count). The molecular formula is C32H54O5. The van der Waals surface area contributed by atoms with Crippen molar-refractivity contribution < 1.29 is 24.5 Å². The lowest BCUT2D eigenvalue weighted by Crippen LogP contribution is -2.69. The topological polar surface area (TPSA) is 76.0 Å². The number of carbonyl (C=O) groups is 1. The summed E-state index contributed by atoms with van der Waals surface area (Å²) in [6.07, 6.45) is 5.72. The summed E-state index contributed by atoms with van der Waals surface area (Å²) in [5.74, 6) is 2.76. The van der Waals surface area contributed by atoms with Crippen molar-refractivity contribution in [2.24, 2.45) is 46.3 Å². The third-order valence-electron chi connectivity index (χ3n) is 12.2. The summed E-state index contributed by atoms with van der Waals surface area (Å²) in [6, 6.07) is 0. The third kappa shape index (κ3) is 4.63. The van der Waals surface area contributed by atoms with Crippen LogP contribution in [0.15, 0.2) is 11.1 Å². The molecule has 0 aromatic carbocycles. The molecule has 11 unspecified atom stereocenters. The molecule has 37 heavy (non-hydrogen) atoms. The van der Waals surface area contributed by atoms with Gasteiger partial charge in [0.15, 0.2) is 0 Å². The summed E-state index contributed by atoms with van der Waals surface area (Å²) in [7, 11) is 1.86. The number of aliphatic hydroxyl groups excluding tert-OH is 1. The van der Waals surface area contributed by atoms with Gasteiger partial charge in [0.25, 0.3) is 0 Å². The maximum Gasteiger partial charge on any atom is 0.303 e. The van der Waals surface area contributed by atoms with E-state index in [4.69, 9.17) is 9.47 Å². The molecule has 11 atom stereocenters. The highest BCUT2D eigenvalue weighted by Crippen LogP contribution is 2.69. The fraction of sp³-hybridized carbons (Fsp3) is 0.906. The molecule has 0 saturated heterocycles. The van der Waals surface area contributed by atoms with Gasteiger partial charge in [-0.05, 0) is 98.4 Å². The van der Waals surface area contributed by atoms with E-state index in [1.807, 2.05) is 7.11 Å². The van der Waals surface area contributed by atoms with E-state index >= 15 is 0 Å². The van der Waals surface area contributed by atoms with Gasteiger partial charge in [0.1, 0.15) is 11.7 Å². The van der Waals surface area contributed by atoms with Gasteiger partial charge in [-0.1, -0.05) is 47.1 Å². The molecule has 2 N–H and O–H groups in total. The van der Waals surface area contributed by atoms with E-state index in [1.54, 1.807) is 0 Å². The first-order valence-corrected chi connectivity index (χ1v) is 15.0. The van der Waals surface area contributed by atoms with Crippen LogP contribution in [0.4, 0.5) is 0 Å². The van der Waals surface area contributed by atoms with Crippen molar-refractivity contribution in [1.82, 2.24) is 0 Å². The Bertz CT molecular complexity index is 896. The van der Waals surface area contributed by atoms with Gasteiger partial charge < -0.3 is 19.7 Å². The SMILES string of the molecule is COC1CC2C3CC(OC(C)=O)C4(O)CC(O)CCC4(C)C3CCC2(C)C1=C(C)CC(C)C(C)C(C)C. The van der Waals surface area contributed by atoms with E-state index < -0.39 is 17.8 Å². The van der Waals surface area contributed by atoms with Gasteiger partial charge in [0, 0.05) is 25.9 Å². The van der Waals surface area contributed by atoms with E-state index in [1.165, 1.54) is 18.1 Å². The molecule has 0 spiro atoms. The molecule has 0 aromatic rings. The maximum atomic E-state index is 12.2. The highest BCUT2D eigenvalue weighted by atomic mass is 16.6. The van der Waals surface area contributed by atoms with Gasteiger partial charge in [-0.3, -0.25) is 4.79 Å². The summed E-state index contributed by atoms with van der Waals surface area (Å²) in [5, 5.41) is 22.7. The second-order valence-electron chi connectivity index (χ2n) is 14.3. The number of hydrogen-bond donors (Lipinski definition) is 2. The van der Waals surface area contributed by atoms with Crippen molar-refractivity contribution >= 4 is 5.97 Å². The predicted octanol–water partition coefficient (Wildman–Crippen LogP) is 6.31. The summed E-state index contributed by atoms with van der Waals surface area (Å²) in [6.45, 7) is 17.9. The van der Waals surface area contributed by atoms with Crippen LogP contribution in [0.2, 0.25) is 0 Å². The van der Waals surface area contributed by atoms with E-state index in [2.05, 4.69) is 48.5 Å². The fourth-order valence-corrected chi connectivity index (χ4v) is 9.80. The Kier molecular flexibility index (Phi) is 8.05. The van der Waals surface area contributed by atoms with E-state index in [0.29, 0.717) is 54.8 Å². The first-order valence-electron chi connectivity index (χ1n) is 15.0. The van der Waals surface area contributed by atoms with Gasteiger partial charge in [-0.15, -0.1) is 0 Å². The van der Waals surface area contributed by atoms with Gasteiger partial charge in [0.05, 0.1) is 12.2 Å². The Morgan fingerprint density at radius 2 is 1.73 bits per heavy atom. The molecule has 0 aliphatic heterocycles. The van der Waals surface area contributed by atoms with Gasteiger partial charge >= 0.3 is 5.97 Å². The lowest BCUT2D eigenvalue weighted by atomic mass is 9.42. The molecule has 0 aromatic heterocycles. The Morgan fingerprint density at radius 3 is 2.32 bits per heavy atom. The van der Waals surface area contributed by atoms with Crippen LogP contribution in [0.5, 0.6) is 0 Å².